The number of esters is 2. The summed E-state index contributed by atoms with van der Waals surface area (Å²) >= 11 is 0. The van der Waals surface area contributed by atoms with E-state index < -0.39 is 18.0 Å². The van der Waals surface area contributed by atoms with Gasteiger partial charge < -0.3 is 9.47 Å². The number of rotatable bonds is 6. The number of carbonyl (C=O) groups is 3. The van der Waals surface area contributed by atoms with E-state index >= 15 is 0 Å². The molecule has 2 saturated carbocycles. The summed E-state index contributed by atoms with van der Waals surface area (Å²) < 4.78 is 11.0. The van der Waals surface area contributed by atoms with E-state index in [0.29, 0.717) is 12.0 Å². The van der Waals surface area contributed by atoms with Crippen molar-refractivity contribution in [2.24, 2.45) is 23.7 Å². The Kier molecular flexibility index (Phi) is 4.10. The first-order valence-corrected chi connectivity index (χ1v) is 9.10. The van der Waals surface area contributed by atoms with Gasteiger partial charge >= 0.3 is 11.9 Å². The Morgan fingerprint density at radius 3 is 2.72 bits per heavy atom. The quantitative estimate of drug-likeness (QED) is 0.587. The summed E-state index contributed by atoms with van der Waals surface area (Å²) in [5.74, 6) is -1.36. The first-order chi connectivity index (χ1) is 12.1. The highest BCUT2D eigenvalue weighted by Gasteiger charge is 2.64. The molecule has 1 heterocycles. The molecule has 1 aromatic rings. The van der Waals surface area contributed by atoms with Crippen LogP contribution in [0.1, 0.15) is 43.0 Å². The Labute approximate surface area is 146 Å². The van der Waals surface area contributed by atoms with Crippen LogP contribution in [0.4, 0.5) is 0 Å². The van der Waals surface area contributed by atoms with Gasteiger partial charge in [0.2, 0.25) is 5.78 Å². The fourth-order valence-electron chi connectivity index (χ4n) is 4.84. The number of Topliss-reactive ketones (excluding diaryl/α,β-unsaturated/α-hetero) is 1. The molecular weight excluding hydrogens is 320 g/mol. The lowest BCUT2D eigenvalue weighted by Gasteiger charge is -2.25. The molecule has 2 bridgehead atoms. The second-order valence-corrected chi connectivity index (χ2v) is 7.37. The summed E-state index contributed by atoms with van der Waals surface area (Å²) in [5.41, 5.74) is 0.544. The van der Waals surface area contributed by atoms with Crippen LogP contribution in [0, 0.1) is 23.7 Å². The fraction of sp³-hybridized carbons (Fsp3) is 0.550. The van der Waals surface area contributed by atoms with Gasteiger partial charge in [0.1, 0.15) is 6.10 Å². The van der Waals surface area contributed by atoms with Crippen LogP contribution in [0.5, 0.6) is 0 Å². The average Bonchev–Trinajstić information content (AvgIpc) is 3.23. The van der Waals surface area contributed by atoms with Gasteiger partial charge in [0.05, 0.1) is 11.8 Å². The summed E-state index contributed by atoms with van der Waals surface area (Å²) in [6.07, 6.45) is 2.03. The van der Waals surface area contributed by atoms with Gasteiger partial charge in [0, 0.05) is 11.5 Å². The van der Waals surface area contributed by atoms with Gasteiger partial charge in [-0.1, -0.05) is 43.7 Å². The predicted octanol–water partition coefficient (Wildman–Crippen LogP) is 2.78. The SMILES string of the molecule is CCC[C@H](OC(=O)[C@@H]1[C@@H]2C[C@@H]3[C@@H]1C(=O)O[C@@H]3C2)C(=O)c1ccccc1. The molecule has 3 aliphatic rings. The van der Waals surface area contributed by atoms with Crippen LogP contribution in [-0.2, 0) is 19.1 Å². The van der Waals surface area contributed by atoms with Gasteiger partial charge in [-0.2, -0.15) is 0 Å². The van der Waals surface area contributed by atoms with Gasteiger partial charge in [-0.15, -0.1) is 0 Å². The Morgan fingerprint density at radius 2 is 2.00 bits per heavy atom. The minimum Gasteiger partial charge on any atom is -0.462 e. The maximum Gasteiger partial charge on any atom is 0.310 e. The van der Waals surface area contributed by atoms with Gasteiger partial charge in [0.25, 0.3) is 0 Å². The van der Waals surface area contributed by atoms with E-state index in [4.69, 9.17) is 9.47 Å². The molecule has 0 unspecified atom stereocenters. The molecule has 6 atom stereocenters. The molecule has 0 aromatic heterocycles. The lowest BCUT2D eigenvalue weighted by atomic mass is 9.80. The van der Waals surface area contributed by atoms with E-state index in [1.165, 1.54) is 0 Å². The van der Waals surface area contributed by atoms with Crippen molar-refractivity contribution < 1.29 is 23.9 Å². The van der Waals surface area contributed by atoms with E-state index in [1.807, 2.05) is 13.0 Å². The number of hydrogen-bond acceptors (Lipinski definition) is 5. The van der Waals surface area contributed by atoms with Crippen molar-refractivity contribution >= 4 is 17.7 Å². The number of fused-ring (bicyclic) bond motifs is 1. The molecular formula is C20H22O5. The second kappa shape index (κ2) is 6.28. The van der Waals surface area contributed by atoms with Gasteiger partial charge in [-0.05, 0) is 25.2 Å². The summed E-state index contributed by atoms with van der Waals surface area (Å²) in [7, 11) is 0. The van der Waals surface area contributed by atoms with Crippen molar-refractivity contribution in [3.8, 4) is 0 Å². The number of ether oxygens (including phenoxy) is 2. The van der Waals surface area contributed by atoms with E-state index in [1.54, 1.807) is 24.3 Å². The molecule has 4 rings (SSSR count). The minimum atomic E-state index is -0.785. The van der Waals surface area contributed by atoms with E-state index in [0.717, 1.165) is 19.3 Å². The van der Waals surface area contributed by atoms with Crippen molar-refractivity contribution in [2.45, 2.75) is 44.8 Å². The zero-order valence-corrected chi connectivity index (χ0v) is 14.2. The van der Waals surface area contributed by atoms with E-state index in [2.05, 4.69) is 0 Å². The normalized spacial score (nSPS) is 33.2. The van der Waals surface area contributed by atoms with Crippen LogP contribution in [0.15, 0.2) is 30.3 Å². The Hall–Kier alpha value is -2.17. The number of hydrogen-bond donors (Lipinski definition) is 0. The van der Waals surface area contributed by atoms with Crippen molar-refractivity contribution in [3.63, 3.8) is 0 Å². The lowest BCUT2D eigenvalue weighted by Crippen LogP contribution is -2.37. The zero-order valence-electron chi connectivity index (χ0n) is 14.2. The Bertz CT molecular complexity index is 695. The third kappa shape index (κ3) is 2.66. The largest absolute Gasteiger partial charge is 0.462 e. The van der Waals surface area contributed by atoms with Crippen LogP contribution in [-0.4, -0.2) is 29.9 Å². The summed E-state index contributed by atoms with van der Waals surface area (Å²) in [4.78, 5) is 37.6. The first-order valence-electron chi connectivity index (χ1n) is 9.10. The van der Waals surface area contributed by atoms with Crippen LogP contribution in [0.3, 0.4) is 0 Å². The molecule has 132 valence electrons. The van der Waals surface area contributed by atoms with Crippen LogP contribution in [0.25, 0.3) is 0 Å². The molecule has 1 aromatic carbocycles. The predicted molar refractivity (Wildman–Crippen MR) is 88.6 cm³/mol. The first kappa shape index (κ1) is 16.3. The average molecular weight is 342 g/mol. The van der Waals surface area contributed by atoms with E-state index in [9.17, 15) is 14.4 Å². The van der Waals surface area contributed by atoms with Crippen LogP contribution < -0.4 is 0 Å². The van der Waals surface area contributed by atoms with Crippen LogP contribution >= 0.6 is 0 Å². The number of ketones is 1. The zero-order chi connectivity index (χ0) is 17.6. The molecule has 0 radical (unpaired) electrons. The van der Waals surface area contributed by atoms with Gasteiger partial charge in [-0.3, -0.25) is 14.4 Å². The molecule has 3 fully saturated rings. The minimum absolute atomic E-state index is 0.0102. The molecule has 0 N–H and O–H groups in total. The monoisotopic (exact) mass is 342 g/mol. The highest BCUT2D eigenvalue weighted by Crippen LogP contribution is 2.58. The smallest absolute Gasteiger partial charge is 0.310 e. The van der Waals surface area contributed by atoms with Crippen molar-refractivity contribution in [1.29, 1.82) is 0 Å². The number of benzene rings is 1. The molecule has 5 heteroatoms. The Morgan fingerprint density at radius 1 is 1.24 bits per heavy atom. The highest BCUT2D eigenvalue weighted by molar-refractivity contribution is 6.00. The van der Waals surface area contributed by atoms with Crippen LogP contribution in [0.2, 0.25) is 0 Å². The lowest BCUT2D eigenvalue weighted by molar-refractivity contribution is -0.158. The van der Waals surface area contributed by atoms with Crippen molar-refractivity contribution in [2.75, 3.05) is 0 Å². The third-order valence-electron chi connectivity index (χ3n) is 5.92. The second-order valence-electron chi connectivity index (χ2n) is 7.37. The van der Waals surface area contributed by atoms with Crippen molar-refractivity contribution in [1.82, 2.24) is 0 Å². The molecule has 1 saturated heterocycles. The molecule has 25 heavy (non-hydrogen) atoms. The number of carbonyl (C=O) groups excluding carboxylic acids is 3. The molecule has 2 aliphatic carbocycles. The maximum absolute atomic E-state index is 12.8. The highest BCUT2D eigenvalue weighted by atomic mass is 16.6. The molecule has 1 aliphatic heterocycles. The third-order valence-corrected chi connectivity index (χ3v) is 5.92. The van der Waals surface area contributed by atoms with Gasteiger partial charge in [-0.25, -0.2) is 0 Å². The summed E-state index contributed by atoms with van der Waals surface area (Å²) in [6, 6.07) is 8.89. The standard InChI is InChI=1S/C20H22O5/c1-2-6-14(18(21)11-7-4-3-5-8-11)24-19(22)16-12-9-13-15(10-12)25-20(23)17(13)16/h3-5,7-8,12-17H,2,6,9-10H2,1H3/t12-,13+,14+,15-,16-,17+/m1/s1. The molecule has 0 spiro atoms. The van der Waals surface area contributed by atoms with E-state index in [-0.39, 0.29) is 35.6 Å². The molecule has 5 nitrogen and oxygen atoms in total. The van der Waals surface area contributed by atoms with Gasteiger partial charge in [0.15, 0.2) is 6.10 Å². The summed E-state index contributed by atoms with van der Waals surface area (Å²) in [5, 5.41) is 0. The Balaban J connectivity index is 1.50. The maximum atomic E-state index is 12.8. The van der Waals surface area contributed by atoms with Crippen molar-refractivity contribution in [3.05, 3.63) is 35.9 Å². The molecule has 0 amide bonds. The fourth-order valence-corrected chi connectivity index (χ4v) is 4.84. The summed E-state index contributed by atoms with van der Waals surface area (Å²) in [6.45, 7) is 1.95. The topological polar surface area (TPSA) is 69.7 Å².